The summed E-state index contributed by atoms with van der Waals surface area (Å²) >= 11 is 3.37. The van der Waals surface area contributed by atoms with Crippen LogP contribution in [0.4, 0.5) is 5.69 Å². The Bertz CT molecular complexity index is 686. The molecule has 0 aliphatic heterocycles. The average Bonchev–Trinajstić information content (AvgIpc) is 2.53. The van der Waals surface area contributed by atoms with E-state index in [0.717, 1.165) is 4.47 Å². The van der Waals surface area contributed by atoms with Crippen LogP contribution in [-0.4, -0.2) is 19.6 Å². The molecule has 0 saturated carbocycles. The van der Waals surface area contributed by atoms with Crippen molar-refractivity contribution < 1.29 is 14.3 Å². The fourth-order valence-electron chi connectivity index (χ4n) is 2.00. The number of para-hydroxylation sites is 2. The Hall–Kier alpha value is -2.01. The lowest BCUT2D eigenvalue weighted by Crippen LogP contribution is -2.15. The van der Waals surface area contributed by atoms with Crippen LogP contribution in [0, 0.1) is 5.92 Å². The number of anilines is 1. The third kappa shape index (κ3) is 4.73. The van der Waals surface area contributed by atoms with Crippen molar-refractivity contribution in [3.05, 3.63) is 52.5 Å². The molecule has 5 heteroatoms. The summed E-state index contributed by atoms with van der Waals surface area (Å²) in [5, 5.41) is 2.89. The van der Waals surface area contributed by atoms with E-state index in [-0.39, 0.29) is 5.91 Å². The van der Waals surface area contributed by atoms with E-state index in [9.17, 15) is 4.79 Å². The van der Waals surface area contributed by atoms with Gasteiger partial charge in [-0.2, -0.15) is 0 Å². The summed E-state index contributed by atoms with van der Waals surface area (Å²) in [7, 11) is 1.54. The topological polar surface area (TPSA) is 47.6 Å². The molecule has 0 saturated heterocycles. The fraction of sp³-hybridized carbons (Fsp3) is 0.278. The van der Waals surface area contributed by atoms with Gasteiger partial charge in [0.05, 0.1) is 25.0 Å². The van der Waals surface area contributed by atoms with Crippen molar-refractivity contribution >= 4 is 27.5 Å². The van der Waals surface area contributed by atoms with Crippen molar-refractivity contribution in [1.29, 1.82) is 0 Å². The van der Waals surface area contributed by atoms with Gasteiger partial charge in [-0.15, -0.1) is 0 Å². The second kappa shape index (κ2) is 8.02. The molecule has 23 heavy (non-hydrogen) atoms. The highest BCUT2D eigenvalue weighted by atomic mass is 79.9. The molecule has 122 valence electrons. The smallest absolute Gasteiger partial charge is 0.259 e. The lowest BCUT2D eigenvalue weighted by Gasteiger charge is -2.15. The number of ether oxygens (including phenoxy) is 2. The number of halogens is 1. The molecule has 2 rings (SSSR count). The van der Waals surface area contributed by atoms with E-state index in [4.69, 9.17) is 9.47 Å². The highest BCUT2D eigenvalue weighted by molar-refractivity contribution is 9.10. The van der Waals surface area contributed by atoms with Gasteiger partial charge in [0.25, 0.3) is 5.91 Å². The third-order valence-corrected chi connectivity index (χ3v) is 3.61. The summed E-state index contributed by atoms with van der Waals surface area (Å²) in [5.74, 6) is 1.34. The second-order valence-corrected chi connectivity index (χ2v) is 6.42. The Morgan fingerprint density at radius 1 is 1.17 bits per heavy atom. The van der Waals surface area contributed by atoms with Crippen LogP contribution in [0.3, 0.4) is 0 Å². The van der Waals surface area contributed by atoms with Crippen LogP contribution in [0.1, 0.15) is 24.2 Å². The molecule has 0 unspecified atom stereocenters. The Balaban J connectivity index is 2.22. The van der Waals surface area contributed by atoms with Crippen LogP contribution in [0.5, 0.6) is 11.5 Å². The molecule has 0 aliphatic rings. The van der Waals surface area contributed by atoms with Crippen LogP contribution in [0.15, 0.2) is 46.9 Å². The first-order valence-electron chi connectivity index (χ1n) is 7.38. The average molecular weight is 378 g/mol. The van der Waals surface area contributed by atoms with E-state index >= 15 is 0 Å². The predicted molar refractivity (Wildman–Crippen MR) is 95.4 cm³/mol. The molecule has 0 aliphatic carbocycles. The maximum Gasteiger partial charge on any atom is 0.259 e. The van der Waals surface area contributed by atoms with Crippen LogP contribution in [0.2, 0.25) is 0 Å². The van der Waals surface area contributed by atoms with E-state index in [1.165, 1.54) is 0 Å². The molecule has 1 N–H and O–H groups in total. The van der Waals surface area contributed by atoms with Crippen molar-refractivity contribution in [3.63, 3.8) is 0 Å². The zero-order chi connectivity index (χ0) is 16.8. The molecule has 1 amide bonds. The van der Waals surface area contributed by atoms with E-state index < -0.39 is 0 Å². The van der Waals surface area contributed by atoms with Gasteiger partial charge >= 0.3 is 0 Å². The monoisotopic (exact) mass is 377 g/mol. The molecule has 4 nitrogen and oxygen atoms in total. The molecule has 2 aromatic carbocycles. The van der Waals surface area contributed by atoms with Gasteiger partial charge < -0.3 is 14.8 Å². The number of carbonyl (C=O) groups excluding carboxylic acids is 1. The summed E-state index contributed by atoms with van der Waals surface area (Å²) in [5.41, 5.74) is 1.10. The summed E-state index contributed by atoms with van der Waals surface area (Å²) in [4.78, 5) is 12.6. The predicted octanol–water partition coefficient (Wildman–Crippen LogP) is 4.74. The van der Waals surface area contributed by atoms with Crippen molar-refractivity contribution in [2.75, 3.05) is 19.0 Å². The van der Waals surface area contributed by atoms with Crippen molar-refractivity contribution in [2.45, 2.75) is 13.8 Å². The zero-order valence-electron chi connectivity index (χ0n) is 13.4. The molecular weight excluding hydrogens is 358 g/mol. The number of carbonyl (C=O) groups is 1. The van der Waals surface area contributed by atoms with Gasteiger partial charge in [-0.3, -0.25) is 4.79 Å². The Morgan fingerprint density at radius 3 is 2.61 bits per heavy atom. The van der Waals surface area contributed by atoms with Gasteiger partial charge in [-0.25, -0.2) is 0 Å². The molecule has 0 aromatic heterocycles. The number of nitrogens with one attached hydrogen (secondary N) is 1. The first-order chi connectivity index (χ1) is 11.0. The number of benzene rings is 2. The molecule has 0 spiro atoms. The second-order valence-electron chi connectivity index (χ2n) is 5.50. The van der Waals surface area contributed by atoms with Gasteiger partial charge in [0.15, 0.2) is 0 Å². The Morgan fingerprint density at radius 2 is 1.91 bits per heavy atom. The number of methoxy groups -OCH3 is 1. The molecule has 2 aromatic rings. The number of amides is 1. The summed E-state index contributed by atoms with van der Waals surface area (Å²) < 4.78 is 11.8. The summed E-state index contributed by atoms with van der Waals surface area (Å²) in [6.07, 6.45) is 0. The van der Waals surface area contributed by atoms with E-state index in [2.05, 4.69) is 35.1 Å². The van der Waals surface area contributed by atoms with Gasteiger partial charge in [-0.05, 0) is 36.2 Å². The lowest BCUT2D eigenvalue weighted by atomic mass is 10.1. The zero-order valence-corrected chi connectivity index (χ0v) is 15.0. The minimum Gasteiger partial charge on any atom is -0.496 e. The molecule has 0 atom stereocenters. The normalized spacial score (nSPS) is 10.5. The minimum atomic E-state index is -0.247. The molecular formula is C18H20BrNO3. The van der Waals surface area contributed by atoms with Gasteiger partial charge in [-0.1, -0.05) is 41.9 Å². The largest absolute Gasteiger partial charge is 0.496 e. The summed E-state index contributed by atoms with van der Waals surface area (Å²) in [6.45, 7) is 4.74. The van der Waals surface area contributed by atoms with Crippen molar-refractivity contribution in [1.82, 2.24) is 0 Å². The maximum atomic E-state index is 12.6. The molecule has 0 radical (unpaired) electrons. The van der Waals surface area contributed by atoms with Crippen LogP contribution < -0.4 is 14.8 Å². The van der Waals surface area contributed by atoms with E-state index in [1.807, 2.05) is 30.3 Å². The van der Waals surface area contributed by atoms with Crippen LogP contribution in [-0.2, 0) is 0 Å². The summed E-state index contributed by atoms with van der Waals surface area (Å²) in [6, 6.07) is 12.7. The first-order valence-corrected chi connectivity index (χ1v) is 8.17. The molecule has 0 heterocycles. The maximum absolute atomic E-state index is 12.6. The van der Waals surface area contributed by atoms with Crippen LogP contribution >= 0.6 is 15.9 Å². The molecule has 0 fully saturated rings. The van der Waals surface area contributed by atoms with Gasteiger partial charge in [0.1, 0.15) is 11.5 Å². The number of hydrogen-bond donors (Lipinski definition) is 1. The first kappa shape index (κ1) is 17.3. The standard InChI is InChI=1S/C18H20BrNO3/c1-12(2)11-23-17-7-5-4-6-15(17)20-18(21)14-10-13(19)8-9-16(14)22-3/h4-10,12H,11H2,1-3H3,(H,20,21). The van der Waals surface area contributed by atoms with Crippen molar-refractivity contribution in [3.8, 4) is 11.5 Å². The third-order valence-electron chi connectivity index (χ3n) is 3.11. The number of rotatable bonds is 6. The highest BCUT2D eigenvalue weighted by Gasteiger charge is 2.15. The van der Waals surface area contributed by atoms with Crippen molar-refractivity contribution in [2.24, 2.45) is 5.92 Å². The van der Waals surface area contributed by atoms with E-state index in [0.29, 0.717) is 35.3 Å². The van der Waals surface area contributed by atoms with Gasteiger partial charge in [0.2, 0.25) is 0 Å². The quantitative estimate of drug-likeness (QED) is 0.790. The minimum absolute atomic E-state index is 0.247. The van der Waals surface area contributed by atoms with Gasteiger partial charge in [0, 0.05) is 4.47 Å². The SMILES string of the molecule is COc1ccc(Br)cc1C(=O)Nc1ccccc1OCC(C)C. The number of hydrogen-bond acceptors (Lipinski definition) is 3. The van der Waals surface area contributed by atoms with Crippen LogP contribution in [0.25, 0.3) is 0 Å². The Labute approximate surface area is 144 Å². The highest BCUT2D eigenvalue weighted by Crippen LogP contribution is 2.28. The lowest BCUT2D eigenvalue weighted by molar-refractivity contribution is 0.102. The fourth-order valence-corrected chi connectivity index (χ4v) is 2.36. The van der Waals surface area contributed by atoms with E-state index in [1.54, 1.807) is 19.2 Å². The molecule has 0 bridgehead atoms. The Kier molecular flexibility index (Phi) is 6.04.